The normalized spacial score (nSPS) is 22.5. The van der Waals surface area contributed by atoms with Crippen molar-refractivity contribution >= 4 is 0 Å². The van der Waals surface area contributed by atoms with Gasteiger partial charge in [0.15, 0.2) is 0 Å². The SMILES string of the molecule is N#CC(N)(CN1CCOc2ccccc2C1)C1CC1. The quantitative estimate of drug-likeness (QED) is 0.891. The van der Waals surface area contributed by atoms with Crippen LogP contribution in [0.15, 0.2) is 24.3 Å². The Labute approximate surface area is 113 Å². The molecule has 1 saturated carbocycles. The average Bonchev–Trinajstić information content (AvgIpc) is 3.25. The Morgan fingerprint density at radius 1 is 1.42 bits per heavy atom. The van der Waals surface area contributed by atoms with Crippen molar-refractivity contribution in [1.82, 2.24) is 4.90 Å². The van der Waals surface area contributed by atoms with E-state index in [1.165, 1.54) is 5.56 Å². The summed E-state index contributed by atoms with van der Waals surface area (Å²) in [6.45, 7) is 2.92. The summed E-state index contributed by atoms with van der Waals surface area (Å²) in [5, 5.41) is 9.36. The van der Waals surface area contributed by atoms with E-state index >= 15 is 0 Å². The van der Waals surface area contributed by atoms with Crippen LogP contribution >= 0.6 is 0 Å². The molecule has 1 aliphatic carbocycles. The highest BCUT2D eigenvalue weighted by atomic mass is 16.5. The average molecular weight is 257 g/mol. The summed E-state index contributed by atoms with van der Waals surface area (Å²) in [6, 6.07) is 10.4. The van der Waals surface area contributed by atoms with E-state index in [1.807, 2.05) is 18.2 Å². The number of nitriles is 1. The summed E-state index contributed by atoms with van der Waals surface area (Å²) >= 11 is 0. The largest absolute Gasteiger partial charge is 0.492 e. The molecule has 1 heterocycles. The van der Waals surface area contributed by atoms with Crippen LogP contribution < -0.4 is 10.5 Å². The van der Waals surface area contributed by atoms with Gasteiger partial charge < -0.3 is 10.5 Å². The molecule has 0 amide bonds. The van der Waals surface area contributed by atoms with Crippen LogP contribution in [-0.4, -0.2) is 30.1 Å². The molecule has 0 bridgehead atoms. The fraction of sp³-hybridized carbons (Fsp3) is 0.533. The molecule has 0 aromatic heterocycles. The molecule has 4 heteroatoms. The van der Waals surface area contributed by atoms with Crippen molar-refractivity contribution in [2.75, 3.05) is 19.7 Å². The van der Waals surface area contributed by atoms with Crippen LogP contribution in [0.4, 0.5) is 0 Å². The van der Waals surface area contributed by atoms with E-state index in [9.17, 15) is 5.26 Å². The lowest BCUT2D eigenvalue weighted by molar-refractivity contribution is 0.192. The van der Waals surface area contributed by atoms with Crippen molar-refractivity contribution in [3.63, 3.8) is 0 Å². The lowest BCUT2D eigenvalue weighted by atomic mass is 9.95. The summed E-state index contributed by atoms with van der Waals surface area (Å²) in [6.07, 6.45) is 2.18. The molecule has 1 fully saturated rings. The predicted octanol–water partition coefficient (Wildman–Crippen LogP) is 1.51. The van der Waals surface area contributed by atoms with E-state index in [0.29, 0.717) is 19.1 Å². The number of benzene rings is 1. The highest BCUT2D eigenvalue weighted by Gasteiger charge is 2.43. The number of ether oxygens (including phenoxy) is 1. The molecule has 0 spiro atoms. The van der Waals surface area contributed by atoms with E-state index < -0.39 is 5.54 Å². The van der Waals surface area contributed by atoms with Gasteiger partial charge in [-0.2, -0.15) is 5.26 Å². The van der Waals surface area contributed by atoms with Crippen molar-refractivity contribution in [2.45, 2.75) is 24.9 Å². The lowest BCUT2D eigenvalue weighted by Gasteiger charge is -2.29. The first-order chi connectivity index (χ1) is 9.21. The Morgan fingerprint density at radius 2 is 2.21 bits per heavy atom. The highest BCUT2D eigenvalue weighted by molar-refractivity contribution is 5.34. The Hall–Kier alpha value is -1.57. The maximum Gasteiger partial charge on any atom is 0.123 e. The Morgan fingerprint density at radius 3 is 2.95 bits per heavy atom. The van der Waals surface area contributed by atoms with Crippen molar-refractivity contribution in [3.05, 3.63) is 29.8 Å². The molecule has 1 unspecified atom stereocenters. The second-order valence-electron chi connectivity index (χ2n) is 5.59. The monoisotopic (exact) mass is 257 g/mol. The van der Waals surface area contributed by atoms with Gasteiger partial charge in [-0.15, -0.1) is 0 Å². The van der Waals surface area contributed by atoms with Crippen LogP contribution in [0.25, 0.3) is 0 Å². The molecule has 1 atom stereocenters. The molecular formula is C15H19N3O. The molecule has 3 rings (SSSR count). The van der Waals surface area contributed by atoms with Gasteiger partial charge in [-0.05, 0) is 24.8 Å². The van der Waals surface area contributed by atoms with Gasteiger partial charge >= 0.3 is 0 Å². The molecule has 1 aliphatic heterocycles. The zero-order chi connectivity index (χ0) is 13.3. The molecule has 0 saturated heterocycles. The summed E-state index contributed by atoms with van der Waals surface area (Å²) in [5.74, 6) is 1.33. The van der Waals surface area contributed by atoms with Crippen LogP contribution in [0.1, 0.15) is 18.4 Å². The number of para-hydroxylation sites is 1. The second kappa shape index (κ2) is 4.84. The third-order valence-electron chi connectivity index (χ3n) is 4.03. The van der Waals surface area contributed by atoms with Crippen LogP contribution in [0.5, 0.6) is 5.75 Å². The molecule has 1 aromatic rings. The zero-order valence-electron chi connectivity index (χ0n) is 11.0. The molecule has 0 radical (unpaired) electrons. The summed E-state index contributed by atoms with van der Waals surface area (Å²) in [5.41, 5.74) is 6.74. The first kappa shape index (κ1) is 12.5. The second-order valence-corrected chi connectivity index (χ2v) is 5.59. The minimum absolute atomic E-state index is 0.372. The van der Waals surface area contributed by atoms with Crippen molar-refractivity contribution in [3.8, 4) is 11.8 Å². The van der Waals surface area contributed by atoms with Gasteiger partial charge in [0.2, 0.25) is 0 Å². The van der Waals surface area contributed by atoms with E-state index in [-0.39, 0.29) is 0 Å². The van der Waals surface area contributed by atoms with Crippen molar-refractivity contribution < 1.29 is 4.74 Å². The summed E-state index contributed by atoms with van der Waals surface area (Å²) < 4.78 is 5.74. The number of rotatable bonds is 3. The Balaban J connectivity index is 1.74. The zero-order valence-corrected chi connectivity index (χ0v) is 11.0. The lowest BCUT2D eigenvalue weighted by Crippen LogP contribution is -2.51. The summed E-state index contributed by atoms with van der Waals surface area (Å²) in [4.78, 5) is 2.24. The fourth-order valence-corrected chi connectivity index (χ4v) is 2.74. The topological polar surface area (TPSA) is 62.3 Å². The number of nitrogens with zero attached hydrogens (tertiary/aromatic N) is 2. The van der Waals surface area contributed by atoms with Crippen molar-refractivity contribution in [1.29, 1.82) is 5.26 Å². The van der Waals surface area contributed by atoms with Gasteiger partial charge in [-0.25, -0.2) is 0 Å². The van der Waals surface area contributed by atoms with Crippen LogP contribution in [0.3, 0.4) is 0 Å². The number of fused-ring (bicyclic) bond motifs is 1. The number of nitrogens with two attached hydrogens (primary N) is 1. The highest BCUT2D eigenvalue weighted by Crippen LogP contribution is 2.38. The van der Waals surface area contributed by atoms with E-state index in [4.69, 9.17) is 10.5 Å². The maximum atomic E-state index is 9.36. The van der Waals surface area contributed by atoms with Gasteiger partial charge in [0.05, 0.1) is 6.07 Å². The molecule has 1 aromatic carbocycles. The van der Waals surface area contributed by atoms with Gasteiger partial charge in [0.25, 0.3) is 0 Å². The van der Waals surface area contributed by atoms with E-state index in [1.54, 1.807) is 0 Å². The van der Waals surface area contributed by atoms with Gasteiger partial charge in [-0.1, -0.05) is 18.2 Å². The Bertz CT molecular complexity index is 506. The minimum Gasteiger partial charge on any atom is -0.492 e. The first-order valence-corrected chi connectivity index (χ1v) is 6.84. The first-order valence-electron chi connectivity index (χ1n) is 6.84. The third kappa shape index (κ3) is 2.58. The smallest absolute Gasteiger partial charge is 0.123 e. The van der Waals surface area contributed by atoms with Gasteiger partial charge in [0.1, 0.15) is 17.9 Å². The summed E-state index contributed by atoms with van der Waals surface area (Å²) in [7, 11) is 0. The van der Waals surface area contributed by atoms with E-state index in [2.05, 4.69) is 17.0 Å². The Kier molecular flexibility index (Phi) is 3.17. The predicted molar refractivity (Wildman–Crippen MR) is 72.5 cm³/mol. The fourth-order valence-electron chi connectivity index (χ4n) is 2.74. The van der Waals surface area contributed by atoms with Crippen molar-refractivity contribution in [2.24, 2.45) is 11.7 Å². The molecule has 2 N–H and O–H groups in total. The molecular weight excluding hydrogens is 238 g/mol. The third-order valence-corrected chi connectivity index (χ3v) is 4.03. The maximum absolute atomic E-state index is 9.36. The van der Waals surface area contributed by atoms with Crippen LogP contribution in [0, 0.1) is 17.2 Å². The minimum atomic E-state index is -0.695. The standard InChI is InChI=1S/C15H19N3O/c16-10-15(17,13-5-6-13)11-18-7-8-19-14-4-2-1-3-12(14)9-18/h1-4,13H,5-9,11,17H2. The number of hydrogen-bond donors (Lipinski definition) is 1. The van der Waals surface area contributed by atoms with Gasteiger partial charge in [-0.3, -0.25) is 4.90 Å². The molecule has 2 aliphatic rings. The van der Waals surface area contributed by atoms with Crippen LogP contribution in [0.2, 0.25) is 0 Å². The molecule has 19 heavy (non-hydrogen) atoms. The van der Waals surface area contributed by atoms with E-state index in [0.717, 1.165) is 31.7 Å². The van der Waals surface area contributed by atoms with Gasteiger partial charge in [0, 0.05) is 25.2 Å². The number of hydrogen-bond acceptors (Lipinski definition) is 4. The van der Waals surface area contributed by atoms with Crippen LogP contribution in [-0.2, 0) is 6.54 Å². The molecule has 4 nitrogen and oxygen atoms in total. The molecule has 100 valence electrons.